The van der Waals surface area contributed by atoms with E-state index in [0.29, 0.717) is 24.2 Å². The van der Waals surface area contributed by atoms with Crippen LogP contribution in [0, 0.1) is 0 Å². The van der Waals surface area contributed by atoms with Gasteiger partial charge in [0.05, 0.1) is 11.3 Å². The van der Waals surface area contributed by atoms with Crippen LogP contribution in [0.1, 0.15) is 16.8 Å². The Bertz CT molecular complexity index is 976. The SMILES string of the molecule is CS(=O)(=O)c1nc2c(c(=O)[nH]1)CN(Cc1c(O)cc(O)cc1O)CC2. The molecule has 9 nitrogen and oxygen atoms in total. The van der Waals surface area contributed by atoms with Crippen molar-refractivity contribution in [2.24, 2.45) is 0 Å². The number of benzene rings is 1. The van der Waals surface area contributed by atoms with Gasteiger partial charge in [-0.25, -0.2) is 13.4 Å². The smallest absolute Gasteiger partial charge is 0.256 e. The van der Waals surface area contributed by atoms with E-state index in [-0.39, 0.29) is 41.1 Å². The average Bonchev–Trinajstić information content (AvgIpc) is 2.50. The molecule has 0 saturated heterocycles. The number of aromatic hydroxyl groups is 3. The summed E-state index contributed by atoms with van der Waals surface area (Å²) in [6.45, 7) is 0.818. The van der Waals surface area contributed by atoms with E-state index in [1.54, 1.807) is 0 Å². The minimum Gasteiger partial charge on any atom is -0.508 e. The van der Waals surface area contributed by atoms with E-state index < -0.39 is 15.4 Å². The molecule has 1 aliphatic heterocycles. The highest BCUT2D eigenvalue weighted by Crippen LogP contribution is 2.33. The van der Waals surface area contributed by atoms with Gasteiger partial charge >= 0.3 is 0 Å². The monoisotopic (exact) mass is 367 g/mol. The second-order valence-corrected chi connectivity index (χ2v) is 7.92. The second-order valence-electron chi connectivity index (χ2n) is 5.99. The molecular formula is C15H17N3O6S. The fourth-order valence-corrected chi connectivity index (χ4v) is 3.34. The number of H-pyrrole nitrogens is 1. The van der Waals surface area contributed by atoms with Gasteiger partial charge in [-0.1, -0.05) is 0 Å². The van der Waals surface area contributed by atoms with Crippen molar-refractivity contribution >= 4 is 9.84 Å². The zero-order valence-electron chi connectivity index (χ0n) is 13.4. The van der Waals surface area contributed by atoms with Crippen LogP contribution in [-0.4, -0.2) is 51.4 Å². The van der Waals surface area contributed by atoms with Gasteiger partial charge in [-0.2, -0.15) is 0 Å². The lowest BCUT2D eigenvalue weighted by Gasteiger charge is -2.28. The number of aromatic amines is 1. The predicted octanol–water partition coefficient (Wildman–Crippen LogP) is -0.152. The van der Waals surface area contributed by atoms with Crippen LogP contribution in [0.15, 0.2) is 22.1 Å². The lowest BCUT2D eigenvalue weighted by Crippen LogP contribution is -2.36. The Hall–Kier alpha value is -2.59. The number of nitrogens with zero attached hydrogens (tertiary/aromatic N) is 2. The Morgan fingerprint density at radius 1 is 1.24 bits per heavy atom. The molecule has 2 heterocycles. The average molecular weight is 367 g/mol. The van der Waals surface area contributed by atoms with Crippen molar-refractivity contribution in [3.05, 3.63) is 39.3 Å². The van der Waals surface area contributed by atoms with Crippen LogP contribution in [0.4, 0.5) is 0 Å². The summed E-state index contributed by atoms with van der Waals surface area (Å²) in [6.07, 6.45) is 1.34. The molecule has 0 radical (unpaired) electrons. The number of phenols is 3. The normalized spacial score (nSPS) is 15.1. The van der Waals surface area contributed by atoms with Crippen LogP contribution in [-0.2, 0) is 29.3 Å². The van der Waals surface area contributed by atoms with Gasteiger partial charge in [0, 0.05) is 50.0 Å². The molecule has 0 fully saturated rings. The van der Waals surface area contributed by atoms with Gasteiger partial charge in [-0.15, -0.1) is 0 Å². The summed E-state index contributed by atoms with van der Waals surface area (Å²) >= 11 is 0. The van der Waals surface area contributed by atoms with E-state index in [2.05, 4.69) is 9.97 Å². The molecule has 0 unspecified atom stereocenters. The highest BCUT2D eigenvalue weighted by molar-refractivity contribution is 7.90. The van der Waals surface area contributed by atoms with E-state index in [1.807, 2.05) is 4.90 Å². The molecule has 25 heavy (non-hydrogen) atoms. The Morgan fingerprint density at radius 3 is 2.48 bits per heavy atom. The van der Waals surface area contributed by atoms with Gasteiger partial charge in [0.2, 0.25) is 15.0 Å². The molecule has 1 aromatic heterocycles. The van der Waals surface area contributed by atoms with Gasteiger partial charge in [0.25, 0.3) is 5.56 Å². The first-order valence-corrected chi connectivity index (χ1v) is 9.32. The molecule has 10 heteroatoms. The minimum atomic E-state index is -3.61. The largest absolute Gasteiger partial charge is 0.508 e. The summed E-state index contributed by atoms with van der Waals surface area (Å²) in [7, 11) is -3.61. The molecule has 1 aromatic carbocycles. The molecule has 134 valence electrons. The standard InChI is InChI=1S/C15H17N3O6S/c1-25(23,24)15-16-11-2-3-18(6-9(11)14(22)17-15)7-10-12(20)4-8(19)5-13(10)21/h4-5,19-21H,2-3,6-7H2,1H3,(H,16,17,22). The summed E-state index contributed by atoms with van der Waals surface area (Å²) in [5.41, 5.74) is 0.503. The van der Waals surface area contributed by atoms with Crippen LogP contribution in [0.2, 0.25) is 0 Å². The molecule has 0 amide bonds. The van der Waals surface area contributed by atoms with Crippen molar-refractivity contribution in [2.45, 2.75) is 24.7 Å². The lowest BCUT2D eigenvalue weighted by molar-refractivity contribution is 0.234. The number of nitrogens with one attached hydrogen (secondary N) is 1. The molecule has 4 N–H and O–H groups in total. The fourth-order valence-electron chi connectivity index (χ4n) is 2.78. The van der Waals surface area contributed by atoms with Crippen molar-refractivity contribution in [3.8, 4) is 17.2 Å². The van der Waals surface area contributed by atoms with E-state index >= 15 is 0 Å². The van der Waals surface area contributed by atoms with E-state index in [1.165, 1.54) is 0 Å². The molecular weight excluding hydrogens is 350 g/mol. The Balaban J connectivity index is 1.89. The molecule has 0 saturated carbocycles. The van der Waals surface area contributed by atoms with Gasteiger partial charge in [-0.05, 0) is 0 Å². The molecule has 0 bridgehead atoms. The lowest BCUT2D eigenvalue weighted by atomic mass is 10.1. The van der Waals surface area contributed by atoms with Crippen molar-refractivity contribution in [1.29, 1.82) is 0 Å². The topological polar surface area (TPSA) is 144 Å². The van der Waals surface area contributed by atoms with Crippen molar-refractivity contribution in [2.75, 3.05) is 12.8 Å². The summed E-state index contributed by atoms with van der Waals surface area (Å²) < 4.78 is 23.1. The Kier molecular flexibility index (Phi) is 4.17. The van der Waals surface area contributed by atoms with Crippen LogP contribution < -0.4 is 5.56 Å². The molecule has 0 aliphatic carbocycles. The second kappa shape index (κ2) is 6.05. The zero-order chi connectivity index (χ0) is 18.4. The third kappa shape index (κ3) is 3.44. The van der Waals surface area contributed by atoms with Crippen molar-refractivity contribution in [3.63, 3.8) is 0 Å². The van der Waals surface area contributed by atoms with Gasteiger partial charge < -0.3 is 15.3 Å². The zero-order valence-corrected chi connectivity index (χ0v) is 14.2. The molecule has 0 atom stereocenters. The summed E-state index contributed by atoms with van der Waals surface area (Å²) in [4.78, 5) is 20.3. The van der Waals surface area contributed by atoms with Crippen LogP contribution in [0.25, 0.3) is 0 Å². The van der Waals surface area contributed by atoms with Crippen molar-refractivity contribution in [1.82, 2.24) is 14.9 Å². The number of hydrogen-bond acceptors (Lipinski definition) is 8. The van der Waals surface area contributed by atoms with Gasteiger partial charge in [0.15, 0.2) is 0 Å². The van der Waals surface area contributed by atoms with Crippen LogP contribution in [0.5, 0.6) is 17.2 Å². The first-order valence-electron chi connectivity index (χ1n) is 7.43. The summed E-state index contributed by atoms with van der Waals surface area (Å²) in [5, 5.41) is 28.8. The quantitative estimate of drug-likeness (QED) is 0.548. The van der Waals surface area contributed by atoms with Gasteiger partial charge in [-0.3, -0.25) is 14.7 Å². The Labute approximate surface area is 143 Å². The maximum atomic E-state index is 12.2. The predicted molar refractivity (Wildman–Crippen MR) is 87.2 cm³/mol. The highest BCUT2D eigenvalue weighted by atomic mass is 32.2. The maximum Gasteiger partial charge on any atom is 0.256 e. The minimum absolute atomic E-state index is 0.157. The van der Waals surface area contributed by atoms with Gasteiger partial charge in [0.1, 0.15) is 17.2 Å². The van der Waals surface area contributed by atoms with Crippen molar-refractivity contribution < 1.29 is 23.7 Å². The maximum absolute atomic E-state index is 12.2. The van der Waals surface area contributed by atoms with Crippen LogP contribution >= 0.6 is 0 Å². The summed E-state index contributed by atoms with van der Waals surface area (Å²) in [6, 6.07) is 2.25. The first-order chi connectivity index (χ1) is 11.6. The first kappa shape index (κ1) is 17.2. The number of sulfone groups is 1. The number of hydrogen-bond donors (Lipinski definition) is 4. The third-order valence-corrected chi connectivity index (χ3v) is 4.94. The van der Waals surface area contributed by atoms with E-state index in [4.69, 9.17) is 0 Å². The number of aromatic nitrogens is 2. The molecule has 1 aliphatic rings. The Morgan fingerprint density at radius 2 is 1.88 bits per heavy atom. The number of phenolic OH excluding ortho intramolecular Hbond substituents is 3. The number of fused-ring (bicyclic) bond motifs is 1. The highest BCUT2D eigenvalue weighted by Gasteiger charge is 2.24. The summed E-state index contributed by atoms with van der Waals surface area (Å²) in [5.74, 6) is -0.748. The molecule has 2 aromatic rings. The third-order valence-electron chi connectivity index (χ3n) is 4.05. The van der Waals surface area contributed by atoms with Crippen LogP contribution in [0.3, 0.4) is 0 Å². The fraction of sp³-hybridized carbons (Fsp3) is 0.333. The molecule has 3 rings (SSSR count). The van der Waals surface area contributed by atoms with E-state index in [0.717, 1.165) is 18.4 Å². The van der Waals surface area contributed by atoms with E-state index in [9.17, 15) is 28.5 Å². The molecule has 0 spiro atoms. The number of rotatable bonds is 3.